The fourth-order valence-corrected chi connectivity index (χ4v) is 6.33. The van der Waals surface area contributed by atoms with E-state index in [1.165, 1.54) is 15.9 Å². The number of benzene rings is 3. The third-order valence-electron chi connectivity index (χ3n) is 7.14. The Bertz CT molecular complexity index is 1980. The minimum atomic E-state index is -0.799. The molecule has 9 nitrogen and oxygen atoms in total. The van der Waals surface area contributed by atoms with Gasteiger partial charge in [-0.2, -0.15) is 0 Å². The molecule has 0 N–H and O–H groups in total. The molecule has 46 heavy (non-hydrogen) atoms. The van der Waals surface area contributed by atoms with Crippen LogP contribution in [0.25, 0.3) is 6.08 Å². The van der Waals surface area contributed by atoms with Gasteiger partial charge in [0.05, 0.1) is 41.2 Å². The normalized spacial score (nSPS) is 14.4. The van der Waals surface area contributed by atoms with Gasteiger partial charge in [-0.1, -0.05) is 59.3 Å². The van der Waals surface area contributed by atoms with E-state index in [-0.39, 0.29) is 30.3 Å². The summed E-state index contributed by atoms with van der Waals surface area (Å²) in [6.45, 7) is 8.25. The summed E-state index contributed by atoms with van der Waals surface area (Å²) in [4.78, 5) is 44.1. The quantitative estimate of drug-likeness (QED) is 0.193. The molecule has 1 aliphatic rings. The van der Waals surface area contributed by atoms with Gasteiger partial charge in [0, 0.05) is 5.02 Å². The second kappa shape index (κ2) is 14.6. The Morgan fingerprint density at radius 2 is 1.63 bits per heavy atom. The van der Waals surface area contributed by atoms with Gasteiger partial charge in [-0.05, 0) is 80.8 Å². The summed E-state index contributed by atoms with van der Waals surface area (Å²) in [5.41, 5.74) is 3.08. The van der Waals surface area contributed by atoms with Crippen molar-refractivity contribution in [1.29, 1.82) is 0 Å². The number of hydrogen-bond donors (Lipinski definition) is 0. The lowest BCUT2D eigenvalue weighted by molar-refractivity contribution is -0.139. The molecule has 5 rings (SSSR count). The molecule has 2 heterocycles. The zero-order valence-corrected chi connectivity index (χ0v) is 27.4. The lowest BCUT2D eigenvalue weighted by Gasteiger charge is -2.25. The summed E-state index contributed by atoms with van der Waals surface area (Å²) >= 11 is 7.82. The van der Waals surface area contributed by atoms with Gasteiger partial charge >= 0.3 is 11.9 Å². The number of hydrogen-bond acceptors (Lipinski definition) is 9. The SMILES string of the molecule is CCOC(=O)C1=C(C)N=c2s/c(=C\c3ccc(OCc4ccc(C(=O)OCC)cc4)c(OCC)c3)c(=O)n2[C@H]1c1ccccc1Cl. The average Bonchev–Trinajstić information content (AvgIpc) is 3.34. The van der Waals surface area contributed by atoms with Crippen LogP contribution in [-0.2, 0) is 20.9 Å². The first-order valence-corrected chi connectivity index (χ1v) is 16.0. The van der Waals surface area contributed by atoms with Crippen molar-refractivity contribution in [2.75, 3.05) is 19.8 Å². The van der Waals surface area contributed by atoms with E-state index in [0.29, 0.717) is 55.9 Å². The number of ether oxygens (including phenoxy) is 4. The highest BCUT2D eigenvalue weighted by molar-refractivity contribution is 7.07. The number of thiazole rings is 1. The highest BCUT2D eigenvalue weighted by atomic mass is 35.5. The molecule has 0 aliphatic carbocycles. The standard InChI is InChI=1S/C35H33ClN2O7S/c1-5-42-28-18-23(14-17-27(28)45-20-22-12-15-24(16-13-22)33(40)43-6-2)19-29-32(39)38-31(25-10-8-9-11-26(25)36)30(34(41)44-7-3)21(4)37-35(38)46-29/h8-19,31H,5-7,20H2,1-4H3/b29-19-/t31-/m0/s1. The van der Waals surface area contributed by atoms with E-state index in [1.54, 1.807) is 63.2 Å². The fourth-order valence-electron chi connectivity index (χ4n) is 5.05. The van der Waals surface area contributed by atoms with Gasteiger partial charge in [-0.25, -0.2) is 14.6 Å². The van der Waals surface area contributed by atoms with Gasteiger partial charge in [-0.3, -0.25) is 9.36 Å². The van der Waals surface area contributed by atoms with Crippen molar-refractivity contribution >= 4 is 41.0 Å². The summed E-state index contributed by atoms with van der Waals surface area (Å²) in [5.74, 6) is 0.130. The molecule has 11 heteroatoms. The van der Waals surface area contributed by atoms with Gasteiger partial charge < -0.3 is 18.9 Å². The first-order chi connectivity index (χ1) is 22.2. The van der Waals surface area contributed by atoms with Gasteiger partial charge in [0.1, 0.15) is 12.6 Å². The molecule has 0 saturated heterocycles. The maximum atomic E-state index is 14.0. The molecule has 3 aromatic carbocycles. The molecule has 0 radical (unpaired) electrons. The number of rotatable bonds is 11. The Labute approximate surface area is 275 Å². The Kier molecular flexibility index (Phi) is 10.4. The fraction of sp³-hybridized carbons (Fsp3) is 0.257. The van der Waals surface area contributed by atoms with Crippen molar-refractivity contribution in [3.8, 4) is 11.5 Å². The molecular formula is C35H33ClN2O7S. The Balaban J connectivity index is 1.48. The van der Waals surface area contributed by atoms with Gasteiger partial charge in [0.15, 0.2) is 16.3 Å². The Morgan fingerprint density at radius 1 is 0.913 bits per heavy atom. The first-order valence-electron chi connectivity index (χ1n) is 14.8. The maximum absolute atomic E-state index is 14.0. The van der Waals surface area contributed by atoms with Crippen LogP contribution in [0.3, 0.4) is 0 Å². The molecule has 0 unspecified atom stereocenters. The van der Waals surface area contributed by atoms with Crippen LogP contribution in [0, 0.1) is 0 Å². The van der Waals surface area contributed by atoms with E-state index in [1.807, 2.05) is 37.3 Å². The molecule has 1 atom stereocenters. The van der Waals surface area contributed by atoms with Crippen LogP contribution < -0.4 is 24.4 Å². The minimum Gasteiger partial charge on any atom is -0.490 e. The first kappa shape index (κ1) is 32.7. The van der Waals surface area contributed by atoms with E-state index in [0.717, 1.165) is 11.1 Å². The third kappa shape index (κ3) is 6.93. The number of aromatic nitrogens is 1. The monoisotopic (exact) mass is 660 g/mol. The number of carbonyl (C=O) groups is 2. The summed E-state index contributed by atoms with van der Waals surface area (Å²) in [6, 6.07) is 18.8. The number of allylic oxidation sites excluding steroid dienone is 1. The zero-order chi connectivity index (χ0) is 32.8. The predicted molar refractivity (Wildman–Crippen MR) is 176 cm³/mol. The van der Waals surface area contributed by atoms with E-state index in [9.17, 15) is 14.4 Å². The third-order valence-corrected chi connectivity index (χ3v) is 8.47. The average molecular weight is 661 g/mol. The van der Waals surface area contributed by atoms with E-state index in [2.05, 4.69) is 4.99 Å². The highest BCUT2D eigenvalue weighted by Gasteiger charge is 2.34. The van der Waals surface area contributed by atoms with Gasteiger partial charge in [0.25, 0.3) is 5.56 Å². The van der Waals surface area contributed by atoms with Crippen molar-refractivity contribution in [1.82, 2.24) is 4.57 Å². The van der Waals surface area contributed by atoms with Crippen molar-refractivity contribution in [3.05, 3.63) is 125 Å². The van der Waals surface area contributed by atoms with Crippen LogP contribution in [0.4, 0.5) is 0 Å². The Morgan fingerprint density at radius 3 is 2.33 bits per heavy atom. The molecule has 0 fully saturated rings. The number of carbonyl (C=O) groups excluding carboxylic acids is 2. The van der Waals surface area contributed by atoms with Crippen LogP contribution in [-0.4, -0.2) is 36.3 Å². The zero-order valence-electron chi connectivity index (χ0n) is 25.9. The second-order valence-corrected chi connectivity index (χ2v) is 11.6. The molecule has 0 amide bonds. The van der Waals surface area contributed by atoms with Crippen LogP contribution in [0.15, 0.2) is 87.8 Å². The largest absolute Gasteiger partial charge is 0.490 e. The number of esters is 2. The van der Waals surface area contributed by atoms with Crippen molar-refractivity contribution in [2.24, 2.45) is 4.99 Å². The summed E-state index contributed by atoms with van der Waals surface area (Å²) in [5, 5.41) is 0.422. The van der Waals surface area contributed by atoms with Crippen molar-refractivity contribution in [3.63, 3.8) is 0 Å². The van der Waals surface area contributed by atoms with E-state index >= 15 is 0 Å². The number of fused-ring (bicyclic) bond motifs is 1. The number of nitrogens with zero attached hydrogens (tertiary/aromatic N) is 2. The molecule has 0 saturated carbocycles. The maximum Gasteiger partial charge on any atom is 0.338 e. The molecule has 0 bridgehead atoms. The summed E-state index contributed by atoms with van der Waals surface area (Å²) in [7, 11) is 0. The Hall–Kier alpha value is -4.67. The van der Waals surface area contributed by atoms with E-state index in [4.69, 9.17) is 30.5 Å². The summed E-state index contributed by atoms with van der Waals surface area (Å²) < 4.78 is 24.3. The summed E-state index contributed by atoms with van der Waals surface area (Å²) in [6.07, 6.45) is 1.76. The van der Waals surface area contributed by atoms with Crippen LogP contribution in [0.2, 0.25) is 5.02 Å². The van der Waals surface area contributed by atoms with Crippen LogP contribution >= 0.6 is 22.9 Å². The van der Waals surface area contributed by atoms with Crippen molar-refractivity contribution < 1.29 is 28.5 Å². The van der Waals surface area contributed by atoms with E-state index < -0.39 is 12.0 Å². The predicted octanol–water partition coefficient (Wildman–Crippen LogP) is 5.61. The van der Waals surface area contributed by atoms with Crippen molar-refractivity contribution in [2.45, 2.75) is 40.3 Å². The second-order valence-electron chi connectivity index (χ2n) is 10.2. The van der Waals surface area contributed by atoms with Gasteiger partial charge in [0.2, 0.25) is 0 Å². The smallest absolute Gasteiger partial charge is 0.338 e. The van der Waals surface area contributed by atoms with Gasteiger partial charge in [-0.15, -0.1) is 0 Å². The number of halogens is 1. The lowest BCUT2D eigenvalue weighted by Crippen LogP contribution is -2.40. The van der Waals surface area contributed by atoms with Crippen LogP contribution in [0.1, 0.15) is 60.8 Å². The topological polar surface area (TPSA) is 105 Å². The van der Waals surface area contributed by atoms with Crippen LogP contribution in [0.5, 0.6) is 11.5 Å². The molecular weight excluding hydrogens is 628 g/mol. The molecule has 1 aliphatic heterocycles. The molecule has 1 aromatic heterocycles. The molecule has 238 valence electrons. The molecule has 4 aromatic rings. The molecule has 0 spiro atoms. The minimum absolute atomic E-state index is 0.179. The lowest BCUT2D eigenvalue weighted by atomic mass is 9.96. The highest BCUT2D eigenvalue weighted by Crippen LogP contribution is 2.34.